The van der Waals surface area contributed by atoms with Crippen LogP contribution in [0.2, 0.25) is 0 Å². The van der Waals surface area contributed by atoms with Gasteiger partial charge in [0.05, 0.1) is 28.9 Å². The summed E-state index contributed by atoms with van der Waals surface area (Å²) in [5.41, 5.74) is 13.4. The molecule has 0 aliphatic carbocycles. The fraction of sp³-hybridized carbons (Fsp3) is 0.361. The molecule has 0 N–H and O–H groups in total. The quantitative estimate of drug-likeness (QED) is 0.0119. The Labute approximate surface area is 653 Å². The van der Waals surface area contributed by atoms with E-state index in [1.165, 1.54) is 0 Å². The second-order valence-electron chi connectivity index (χ2n) is 27.6. The van der Waals surface area contributed by atoms with Gasteiger partial charge >= 0.3 is 23.9 Å². The van der Waals surface area contributed by atoms with E-state index < -0.39 is 5.97 Å². The summed E-state index contributed by atoms with van der Waals surface area (Å²) in [6.07, 6.45) is 39.3. The van der Waals surface area contributed by atoms with E-state index in [4.69, 9.17) is 18.9 Å². The second kappa shape index (κ2) is 54.2. The third-order valence-corrected chi connectivity index (χ3v) is 17.2. The van der Waals surface area contributed by atoms with Gasteiger partial charge in [-0.3, -0.25) is 19.2 Å². The average Bonchev–Trinajstić information content (AvgIpc) is 0.833. The first kappa shape index (κ1) is 94.6. The summed E-state index contributed by atoms with van der Waals surface area (Å²) in [5, 5.41) is 0. The van der Waals surface area contributed by atoms with Crippen molar-refractivity contribution in [1.29, 1.82) is 0 Å². The molecule has 0 spiro atoms. The zero-order chi connectivity index (χ0) is 81.2. The van der Waals surface area contributed by atoms with E-state index in [9.17, 15) is 38.4 Å². The van der Waals surface area contributed by atoms with Gasteiger partial charge in [-0.1, -0.05) is 201 Å². The summed E-state index contributed by atoms with van der Waals surface area (Å²) in [6.45, 7) is 51.3. The van der Waals surface area contributed by atoms with Crippen LogP contribution in [0.5, 0.6) is 0 Å². The molecule has 0 unspecified atom stereocenters. The Balaban J connectivity index is 0.000000495. The van der Waals surface area contributed by atoms with Gasteiger partial charge in [0.2, 0.25) is 0 Å². The fourth-order valence-corrected chi connectivity index (χ4v) is 12.2. The molecule has 12 nitrogen and oxygen atoms in total. The van der Waals surface area contributed by atoms with Gasteiger partial charge in [0.25, 0.3) is 0 Å². The van der Waals surface area contributed by atoms with Gasteiger partial charge in [0.15, 0.2) is 23.1 Å². The predicted octanol–water partition coefficient (Wildman–Crippen LogP) is 22.5. The van der Waals surface area contributed by atoms with Crippen LogP contribution in [0.25, 0.3) is 0 Å². The highest BCUT2D eigenvalue weighted by Crippen LogP contribution is 2.27. The molecule has 0 aliphatic heterocycles. The van der Waals surface area contributed by atoms with Crippen molar-refractivity contribution in [2.24, 2.45) is 5.92 Å². The minimum Gasteiger partial charge on any atom is -0.462 e. The lowest BCUT2D eigenvalue weighted by Gasteiger charge is -2.21. The first-order chi connectivity index (χ1) is 52.1. The van der Waals surface area contributed by atoms with Crippen LogP contribution < -0.4 is 0 Å². The number of rotatable bonds is 45. The van der Waals surface area contributed by atoms with Gasteiger partial charge in [0, 0.05) is 51.4 Å². The van der Waals surface area contributed by atoms with Gasteiger partial charge < -0.3 is 18.9 Å². The molecular weight excluding hydrogens is 1360 g/mol. The molecule has 0 radical (unpaired) electrons. The lowest BCUT2D eigenvalue weighted by molar-refractivity contribution is -0.114. The second-order valence-corrected chi connectivity index (χ2v) is 27.6. The lowest BCUT2D eigenvalue weighted by Crippen LogP contribution is -2.24. The number of esters is 4. The number of unbranched alkanes of at least 4 members (excludes halogenated alkanes) is 4. The third kappa shape index (κ3) is 37.3. The number of benzene rings is 5. The fourth-order valence-electron chi connectivity index (χ4n) is 12.2. The standard InChI is InChI=1S/C28H32O3.2C24H32O3.C21H26O3/c1-5-7-8-12-16-25(29)20-24-18-21(3)17-22(4)27(24)28(30)31-26(13-6-2)19-23-14-10-9-11-15-23;1-7-9-10-11-13-21(25)16-20-15-18(5)14-19(6)23(20)24(26)27-22(12-8-2)17(3)4;1-6-9-10-11-14-21(25)17-20-16-18(4)15-19(5)23(20)24(26)27-22(12-7-2)13-8-3;1-5-7-9-10-11-19(22)15-18-14-16(3)13-17(4)20(18)21(23)24-12-8-6-2/h5-6,9-12,14-18,26H,1-2,7-8,13,19-20H2,3-4H3;7-8,11,13-15,17,22H,1-2,9-10,12,16H2,3-6H3;6-7,11,14-16,22H,1-2,8-10,12-13,17H2,3-5H3;5-6,10-11,13-14H,1-2,7-9,12,15H2,3-4H3/b16-12+;13-11+;14-11+;11-10+/t26-;2*22-;/m000./s1. The molecule has 582 valence electrons. The summed E-state index contributed by atoms with van der Waals surface area (Å²) in [4.78, 5) is 100. The molecule has 3 atom stereocenters. The van der Waals surface area contributed by atoms with Gasteiger partial charge in [0.1, 0.15) is 18.3 Å². The number of aryl methyl sites for hydroxylation is 8. The molecule has 0 aromatic heterocycles. The predicted molar refractivity (Wildman–Crippen MR) is 450 cm³/mol. The third-order valence-electron chi connectivity index (χ3n) is 17.2. The molecule has 12 heteroatoms. The number of carbonyl (C=O) groups excluding carboxylic acids is 8. The molecule has 0 aliphatic rings. The Kier molecular flexibility index (Phi) is 47.0. The van der Waals surface area contributed by atoms with E-state index in [0.29, 0.717) is 66.5 Å². The van der Waals surface area contributed by atoms with Crippen molar-refractivity contribution >= 4 is 47.0 Å². The molecular formula is C97H122O12. The van der Waals surface area contributed by atoms with E-state index in [-0.39, 0.29) is 91.0 Å². The van der Waals surface area contributed by atoms with Crippen LogP contribution in [0.1, 0.15) is 224 Å². The number of allylic oxidation sites excluding steroid dienone is 12. The van der Waals surface area contributed by atoms with E-state index in [2.05, 4.69) is 59.6 Å². The molecule has 0 fully saturated rings. The van der Waals surface area contributed by atoms with Gasteiger partial charge in [-0.25, -0.2) is 19.2 Å². The highest BCUT2D eigenvalue weighted by atomic mass is 16.6. The zero-order valence-electron chi connectivity index (χ0n) is 67.3. The Morgan fingerprint density at radius 1 is 0.367 bits per heavy atom. The Hall–Kier alpha value is -10.5. The normalized spacial score (nSPS) is 11.7. The number of hydrogen-bond donors (Lipinski definition) is 0. The maximum absolute atomic E-state index is 13.2. The van der Waals surface area contributed by atoms with Gasteiger partial charge in [-0.15, -0.1) is 52.6 Å². The summed E-state index contributed by atoms with van der Waals surface area (Å²) in [7, 11) is 0. The highest BCUT2D eigenvalue weighted by molar-refractivity contribution is 6.00. The van der Waals surface area contributed by atoms with Crippen LogP contribution in [0.3, 0.4) is 0 Å². The van der Waals surface area contributed by atoms with Crippen LogP contribution >= 0.6 is 0 Å². The monoisotopic (exact) mass is 1480 g/mol. The molecule has 0 heterocycles. The molecule has 5 rings (SSSR count). The molecule has 5 aromatic carbocycles. The van der Waals surface area contributed by atoms with Gasteiger partial charge in [-0.05, 0) is 200 Å². The van der Waals surface area contributed by atoms with Crippen LogP contribution in [0.4, 0.5) is 0 Å². The van der Waals surface area contributed by atoms with E-state index in [0.717, 1.165) is 131 Å². The van der Waals surface area contributed by atoms with Gasteiger partial charge in [-0.2, -0.15) is 0 Å². The molecule has 0 saturated carbocycles. The lowest BCUT2D eigenvalue weighted by atomic mass is 9.95. The number of hydrogen-bond acceptors (Lipinski definition) is 12. The Morgan fingerprint density at radius 3 is 0.991 bits per heavy atom. The first-order valence-corrected chi connectivity index (χ1v) is 38.0. The highest BCUT2D eigenvalue weighted by Gasteiger charge is 2.26. The summed E-state index contributed by atoms with van der Waals surface area (Å²) in [5.74, 6) is -1.40. The Morgan fingerprint density at radius 2 is 0.679 bits per heavy atom. The molecule has 0 saturated heterocycles. The van der Waals surface area contributed by atoms with E-state index in [1.54, 1.807) is 48.6 Å². The molecule has 0 amide bonds. The maximum Gasteiger partial charge on any atom is 0.338 e. The minimum absolute atomic E-state index is 0.0192. The van der Waals surface area contributed by atoms with E-state index >= 15 is 0 Å². The summed E-state index contributed by atoms with van der Waals surface area (Å²) >= 11 is 0. The number of carbonyl (C=O) groups is 8. The van der Waals surface area contributed by atoms with Crippen molar-refractivity contribution in [3.8, 4) is 0 Å². The zero-order valence-corrected chi connectivity index (χ0v) is 67.3. The van der Waals surface area contributed by atoms with Crippen LogP contribution in [0, 0.1) is 61.3 Å². The molecule has 109 heavy (non-hydrogen) atoms. The van der Waals surface area contributed by atoms with Crippen molar-refractivity contribution < 1.29 is 57.3 Å². The Bertz CT molecular complexity index is 4010. The van der Waals surface area contributed by atoms with Crippen molar-refractivity contribution in [1.82, 2.24) is 0 Å². The SMILES string of the molecule is C=CCC/C=C/C(=O)Cc1cc(C)cc(C)c1C(=O)OCCC=C.C=CCC/C=C/C(=O)Cc1cc(C)cc(C)c1C(=O)O[C@@H](CC=C)C(C)C.C=CCC/C=C/C(=O)Cc1cc(C)cc(C)c1C(=O)O[C@@H](CC=C)CCC.C=CCC/C=C/C(=O)Cc1cc(C)cc(C)c1C(=O)O[C@@H](CC=C)Cc1ccccc1. The van der Waals surface area contributed by atoms with E-state index in [1.807, 2.05) is 197 Å². The largest absolute Gasteiger partial charge is 0.462 e. The molecule has 0 bridgehead atoms. The molecule has 5 aromatic rings. The van der Waals surface area contributed by atoms with Crippen molar-refractivity contribution in [2.75, 3.05) is 6.61 Å². The number of ether oxygens (including phenoxy) is 4. The maximum atomic E-state index is 13.2. The van der Waals surface area contributed by atoms with Crippen molar-refractivity contribution in [2.45, 2.75) is 216 Å². The first-order valence-electron chi connectivity index (χ1n) is 38.0. The summed E-state index contributed by atoms with van der Waals surface area (Å²) < 4.78 is 22.6. The van der Waals surface area contributed by atoms with Crippen LogP contribution in [-0.4, -0.2) is 71.9 Å². The summed E-state index contributed by atoms with van der Waals surface area (Å²) in [6, 6.07) is 25.3. The topological polar surface area (TPSA) is 173 Å². The number of ketones is 4. The minimum atomic E-state index is -0.390. The van der Waals surface area contributed by atoms with Crippen LogP contribution in [0.15, 0.2) is 229 Å². The van der Waals surface area contributed by atoms with Crippen LogP contribution in [-0.2, 0) is 70.2 Å². The smallest absolute Gasteiger partial charge is 0.338 e. The van der Waals surface area contributed by atoms with Crippen molar-refractivity contribution in [3.05, 3.63) is 323 Å². The van der Waals surface area contributed by atoms with Crippen molar-refractivity contribution in [3.63, 3.8) is 0 Å². The average molecular weight is 1480 g/mol.